The molecule has 1 fully saturated rings. The Kier molecular flexibility index (Phi) is 3.34. The molecule has 0 aliphatic heterocycles. The molecule has 1 aliphatic carbocycles. The van der Waals surface area contributed by atoms with Crippen molar-refractivity contribution in [1.29, 1.82) is 0 Å². The van der Waals surface area contributed by atoms with Crippen LogP contribution in [0.3, 0.4) is 0 Å². The van der Waals surface area contributed by atoms with Gasteiger partial charge < -0.3 is 10.4 Å². The van der Waals surface area contributed by atoms with Gasteiger partial charge in [-0.1, -0.05) is 13.8 Å². The first-order valence-corrected chi connectivity index (χ1v) is 6.45. The largest absolute Gasteiger partial charge is 0.480 e. The summed E-state index contributed by atoms with van der Waals surface area (Å²) >= 11 is 0. The molecule has 1 aromatic rings. The standard InChI is InChI=1S/C13H19N3O3/c1-8(2)10-7-9(15-16(10)3)11(17)14-13(12(18)19)5-4-6-13/h7-8H,4-6H2,1-3H3,(H,14,17)(H,18,19). The minimum Gasteiger partial charge on any atom is -0.480 e. The van der Waals surface area contributed by atoms with Crippen LogP contribution in [-0.4, -0.2) is 32.3 Å². The van der Waals surface area contributed by atoms with E-state index in [4.69, 9.17) is 0 Å². The Balaban J connectivity index is 2.16. The zero-order valence-corrected chi connectivity index (χ0v) is 11.4. The molecule has 1 saturated carbocycles. The maximum Gasteiger partial charge on any atom is 0.329 e. The number of carbonyl (C=O) groups excluding carboxylic acids is 1. The van der Waals surface area contributed by atoms with Gasteiger partial charge in [-0.05, 0) is 31.2 Å². The van der Waals surface area contributed by atoms with E-state index in [1.165, 1.54) is 0 Å². The minimum atomic E-state index is -1.09. The van der Waals surface area contributed by atoms with E-state index in [1.54, 1.807) is 17.8 Å². The number of hydrogen-bond acceptors (Lipinski definition) is 3. The molecular formula is C13H19N3O3. The van der Waals surface area contributed by atoms with E-state index in [1.807, 2.05) is 13.8 Å². The summed E-state index contributed by atoms with van der Waals surface area (Å²) in [4.78, 5) is 23.3. The molecule has 0 radical (unpaired) electrons. The molecule has 0 spiro atoms. The summed E-state index contributed by atoms with van der Waals surface area (Å²) in [6.07, 6.45) is 1.79. The van der Waals surface area contributed by atoms with Crippen LogP contribution in [0.2, 0.25) is 0 Å². The summed E-state index contributed by atoms with van der Waals surface area (Å²) in [5.41, 5.74) is 0.133. The number of carboxylic acid groups (broad SMARTS) is 1. The van der Waals surface area contributed by atoms with Crippen LogP contribution in [0.5, 0.6) is 0 Å². The van der Waals surface area contributed by atoms with Crippen molar-refractivity contribution in [3.63, 3.8) is 0 Å². The summed E-state index contributed by atoms with van der Waals surface area (Å²) in [5, 5.41) is 15.9. The fraction of sp³-hybridized carbons (Fsp3) is 0.615. The number of aliphatic carboxylic acids is 1. The second kappa shape index (κ2) is 4.68. The van der Waals surface area contributed by atoms with Gasteiger partial charge in [-0.3, -0.25) is 9.48 Å². The van der Waals surface area contributed by atoms with Gasteiger partial charge in [0.25, 0.3) is 5.91 Å². The van der Waals surface area contributed by atoms with Gasteiger partial charge in [0.05, 0.1) is 0 Å². The maximum atomic E-state index is 12.1. The lowest BCUT2D eigenvalue weighted by Crippen LogP contribution is -2.59. The van der Waals surface area contributed by atoms with Crippen LogP contribution in [0.15, 0.2) is 6.07 Å². The fourth-order valence-electron chi connectivity index (χ4n) is 2.34. The molecule has 0 unspecified atom stereocenters. The van der Waals surface area contributed by atoms with E-state index in [0.29, 0.717) is 12.8 Å². The van der Waals surface area contributed by atoms with Crippen molar-refractivity contribution in [3.8, 4) is 0 Å². The van der Waals surface area contributed by atoms with Gasteiger partial charge >= 0.3 is 5.97 Å². The topological polar surface area (TPSA) is 84.2 Å². The molecule has 1 aliphatic rings. The number of hydrogen-bond donors (Lipinski definition) is 2. The van der Waals surface area contributed by atoms with Crippen LogP contribution < -0.4 is 5.32 Å². The first-order valence-electron chi connectivity index (χ1n) is 6.45. The Morgan fingerprint density at radius 2 is 2.11 bits per heavy atom. The Hall–Kier alpha value is -1.85. The van der Waals surface area contributed by atoms with E-state index < -0.39 is 17.4 Å². The van der Waals surface area contributed by atoms with Crippen LogP contribution in [-0.2, 0) is 11.8 Å². The number of aryl methyl sites for hydroxylation is 1. The van der Waals surface area contributed by atoms with Crippen LogP contribution in [0, 0.1) is 0 Å². The van der Waals surface area contributed by atoms with Crippen LogP contribution in [0.4, 0.5) is 0 Å². The highest BCUT2D eigenvalue weighted by atomic mass is 16.4. The number of rotatable bonds is 4. The van der Waals surface area contributed by atoms with Gasteiger partial charge in [0, 0.05) is 12.7 Å². The van der Waals surface area contributed by atoms with Crippen molar-refractivity contribution in [2.75, 3.05) is 0 Å². The SMILES string of the molecule is CC(C)c1cc(C(=O)NC2(C(=O)O)CCC2)nn1C. The highest BCUT2D eigenvalue weighted by Crippen LogP contribution is 2.32. The highest BCUT2D eigenvalue weighted by Gasteiger charge is 2.46. The number of carboxylic acids is 1. The Morgan fingerprint density at radius 1 is 1.47 bits per heavy atom. The number of aromatic nitrogens is 2. The first-order chi connectivity index (χ1) is 8.85. The molecule has 2 rings (SSSR count). The van der Waals surface area contributed by atoms with Gasteiger partial charge in [-0.2, -0.15) is 5.10 Å². The molecule has 1 amide bonds. The van der Waals surface area contributed by atoms with E-state index in [9.17, 15) is 14.7 Å². The van der Waals surface area contributed by atoms with Crippen molar-refractivity contribution in [2.45, 2.75) is 44.6 Å². The summed E-state index contributed by atoms with van der Waals surface area (Å²) in [5.74, 6) is -1.12. The van der Waals surface area contributed by atoms with Crippen LogP contribution in [0.1, 0.15) is 55.2 Å². The zero-order chi connectivity index (χ0) is 14.2. The normalized spacial score (nSPS) is 17.1. The average molecular weight is 265 g/mol. The monoisotopic (exact) mass is 265 g/mol. The molecule has 1 aromatic heterocycles. The Morgan fingerprint density at radius 3 is 2.47 bits per heavy atom. The molecule has 6 heteroatoms. The Labute approximate surface area is 111 Å². The van der Waals surface area contributed by atoms with Crippen molar-refractivity contribution >= 4 is 11.9 Å². The van der Waals surface area contributed by atoms with Gasteiger partial charge in [0.15, 0.2) is 0 Å². The third-order valence-electron chi connectivity index (χ3n) is 3.71. The molecule has 0 saturated heterocycles. The lowest BCUT2D eigenvalue weighted by molar-refractivity contribution is -0.148. The molecule has 6 nitrogen and oxygen atoms in total. The van der Waals surface area contributed by atoms with E-state index in [0.717, 1.165) is 12.1 Å². The van der Waals surface area contributed by atoms with Crippen LogP contribution in [0.25, 0.3) is 0 Å². The molecule has 19 heavy (non-hydrogen) atoms. The maximum absolute atomic E-state index is 12.1. The van der Waals surface area contributed by atoms with Gasteiger partial charge in [-0.25, -0.2) is 4.79 Å². The molecular weight excluding hydrogens is 246 g/mol. The molecule has 1 heterocycles. The first kappa shape index (κ1) is 13.6. The third kappa shape index (κ3) is 2.34. The molecule has 2 N–H and O–H groups in total. The van der Waals surface area contributed by atoms with E-state index in [-0.39, 0.29) is 11.6 Å². The van der Waals surface area contributed by atoms with E-state index >= 15 is 0 Å². The predicted octanol–water partition coefficient (Wildman–Crippen LogP) is 1.28. The average Bonchev–Trinajstić information content (AvgIpc) is 2.65. The van der Waals surface area contributed by atoms with Gasteiger partial charge in [-0.15, -0.1) is 0 Å². The summed E-state index contributed by atoms with van der Waals surface area (Å²) < 4.78 is 1.66. The van der Waals surface area contributed by atoms with Crippen LogP contribution >= 0.6 is 0 Å². The number of carbonyl (C=O) groups is 2. The van der Waals surface area contributed by atoms with Crippen molar-refractivity contribution in [3.05, 3.63) is 17.5 Å². The smallest absolute Gasteiger partial charge is 0.329 e. The summed E-state index contributed by atoms with van der Waals surface area (Å²) in [6, 6.07) is 1.72. The van der Waals surface area contributed by atoms with Crippen molar-refractivity contribution in [2.24, 2.45) is 7.05 Å². The highest BCUT2D eigenvalue weighted by molar-refractivity contribution is 5.96. The summed E-state index contributed by atoms with van der Waals surface area (Å²) in [6.45, 7) is 4.03. The lowest BCUT2D eigenvalue weighted by Gasteiger charge is -2.37. The second-order valence-corrected chi connectivity index (χ2v) is 5.43. The molecule has 0 atom stereocenters. The minimum absolute atomic E-state index is 0.260. The summed E-state index contributed by atoms with van der Waals surface area (Å²) in [7, 11) is 1.78. The predicted molar refractivity (Wildman–Crippen MR) is 69.0 cm³/mol. The third-order valence-corrected chi connectivity index (χ3v) is 3.71. The lowest BCUT2D eigenvalue weighted by atomic mass is 9.76. The molecule has 0 aromatic carbocycles. The van der Waals surface area contributed by atoms with Gasteiger partial charge in [0.2, 0.25) is 0 Å². The molecule has 0 bridgehead atoms. The number of amides is 1. The van der Waals surface area contributed by atoms with Gasteiger partial charge in [0.1, 0.15) is 11.2 Å². The number of nitrogens with one attached hydrogen (secondary N) is 1. The fourth-order valence-corrected chi connectivity index (χ4v) is 2.34. The zero-order valence-electron chi connectivity index (χ0n) is 11.4. The quantitative estimate of drug-likeness (QED) is 0.859. The second-order valence-electron chi connectivity index (χ2n) is 5.43. The van der Waals surface area contributed by atoms with E-state index in [2.05, 4.69) is 10.4 Å². The molecule has 104 valence electrons. The van der Waals surface area contributed by atoms with Crippen molar-refractivity contribution < 1.29 is 14.7 Å². The van der Waals surface area contributed by atoms with Crippen molar-refractivity contribution in [1.82, 2.24) is 15.1 Å². The number of nitrogens with zero attached hydrogens (tertiary/aromatic N) is 2. The Bertz CT molecular complexity index is 515.